The van der Waals surface area contributed by atoms with E-state index < -0.39 is 22.4 Å². The first-order valence-electron chi connectivity index (χ1n) is 6.16. The summed E-state index contributed by atoms with van der Waals surface area (Å²) in [4.78, 5) is 10.1. The monoisotopic (exact) mass is 290 g/mol. The van der Waals surface area contributed by atoms with Crippen LogP contribution in [0, 0.1) is 15.5 Å². The van der Waals surface area contributed by atoms with Crippen molar-refractivity contribution >= 4 is 11.4 Å². The van der Waals surface area contributed by atoms with Crippen LogP contribution < -0.4 is 5.32 Å². The molecule has 0 fully saturated rings. The van der Waals surface area contributed by atoms with Crippen LogP contribution in [0.4, 0.5) is 24.5 Å². The number of nitrogens with one attached hydrogen (secondary N) is 1. The minimum atomic E-state index is -4.59. The third-order valence-electron chi connectivity index (χ3n) is 3.24. The molecule has 0 aromatic heterocycles. The number of hydrogen-bond donors (Lipinski definition) is 1. The quantitative estimate of drug-likeness (QED) is 0.643. The third kappa shape index (κ3) is 4.11. The Balaban J connectivity index is 3.06. The zero-order valence-corrected chi connectivity index (χ0v) is 11.5. The molecule has 0 bridgehead atoms. The fourth-order valence-corrected chi connectivity index (χ4v) is 1.47. The van der Waals surface area contributed by atoms with Crippen molar-refractivity contribution in [2.24, 2.45) is 5.41 Å². The minimum absolute atomic E-state index is 0.101. The van der Waals surface area contributed by atoms with Gasteiger partial charge in [-0.25, -0.2) is 0 Å². The van der Waals surface area contributed by atoms with E-state index in [1.165, 1.54) is 0 Å². The third-order valence-corrected chi connectivity index (χ3v) is 3.24. The fraction of sp³-hybridized carbons (Fsp3) is 0.538. The zero-order chi connectivity index (χ0) is 15.6. The van der Waals surface area contributed by atoms with Gasteiger partial charge >= 0.3 is 6.18 Å². The van der Waals surface area contributed by atoms with Crippen LogP contribution in [-0.4, -0.2) is 11.5 Å². The predicted octanol–water partition coefficient (Wildman–Crippen LogP) is 4.46. The van der Waals surface area contributed by atoms with E-state index in [-0.39, 0.29) is 11.1 Å². The van der Waals surface area contributed by atoms with Crippen molar-refractivity contribution in [3.8, 4) is 0 Å². The predicted molar refractivity (Wildman–Crippen MR) is 70.7 cm³/mol. The Kier molecular flexibility index (Phi) is 4.62. The van der Waals surface area contributed by atoms with Crippen LogP contribution in [0.25, 0.3) is 0 Å². The minimum Gasteiger partial charge on any atom is -0.379 e. The van der Waals surface area contributed by atoms with Crippen LogP contribution in [0.5, 0.6) is 0 Å². The van der Waals surface area contributed by atoms with Gasteiger partial charge in [-0.3, -0.25) is 10.1 Å². The molecule has 0 unspecified atom stereocenters. The van der Waals surface area contributed by atoms with Crippen LogP contribution in [-0.2, 0) is 6.18 Å². The molecule has 112 valence electrons. The highest BCUT2D eigenvalue weighted by Crippen LogP contribution is 2.35. The van der Waals surface area contributed by atoms with Gasteiger partial charge in [0.1, 0.15) is 5.69 Å². The average molecular weight is 290 g/mol. The maximum atomic E-state index is 12.5. The molecule has 20 heavy (non-hydrogen) atoms. The second-order valence-corrected chi connectivity index (χ2v) is 5.36. The Morgan fingerprint density at radius 2 is 1.90 bits per heavy atom. The molecular weight excluding hydrogens is 273 g/mol. The number of rotatable bonds is 5. The number of alkyl halides is 3. The molecule has 4 nitrogen and oxygen atoms in total. The number of nitro groups is 1. The number of nitro benzene ring substituents is 1. The molecule has 0 aliphatic heterocycles. The van der Waals surface area contributed by atoms with Gasteiger partial charge in [0.2, 0.25) is 0 Å². The highest BCUT2D eigenvalue weighted by Gasteiger charge is 2.33. The van der Waals surface area contributed by atoms with E-state index in [0.717, 1.165) is 18.6 Å². The van der Waals surface area contributed by atoms with Crippen LogP contribution in [0.2, 0.25) is 0 Å². The summed E-state index contributed by atoms with van der Waals surface area (Å²) in [6.45, 7) is 6.35. The van der Waals surface area contributed by atoms with Crippen molar-refractivity contribution in [2.45, 2.75) is 33.4 Å². The van der Waals surface area contributed by atoms with E-state index in [1.807, 2.05) is 20.8 Å². The molecule has 1 aromatic rings. The topological polar surface area (TPSA) is 55.2 Å². The summed E-state index contributed by atoms with van der Waals surface area (Å²) in [7, 11) is 0. The Bertz CT molecular complexity index is 499. The van der Waals surface area contributed by atoms with E-state index in [9.17, 15) is 23.3 Å². The zero-order valence-electron chi connectivity index (χ0n) is 11.5. The maximum Gasteiger partial charge on any atom is 0.416 e. The van der Waals surface area contributed by atoms with Crippen molar-refractivity contribution in [1.82, 2.24) is 0 Å². The first-order valence-corrected chi connectivity index (χ1v) is 6.16. The van der Waals surface area contributed by atoms with Crippen molar-refractivity contribution in [2.75, 3.05) is 11.9 Å². The molecule has 0 radical (unpaired) electrons. The summed E-state index contributed by atoms with van der Waals surface area (Å²) in [5, 5.41) is 13.7. The molecule has 0 saturated heterocycles. The number of benzene rings is 1. The highest BCUT2D eigenvalue weighted by atomic mass is 19.4. The summed E-state index contributed by atoms with van der Waals surface area (Å²) in [5.41, 5.74) is -1.59. The van der Waals surface area contributed by atoms with Gasteiger partial charge in [0.25, 0.3) is 5.69 Å². The molecule has 0 saturated carbocycles. The highest BCUT2D eigenvalue weighted by molar-refractivity contribution is 5.63. The number of hydrogen-bond acceptors (Lipinski definition) is 3. The SMILES string of the molecule is CCC(C)(C)CNc1ccc(C(F)(F)F)cc1[N+](=O)[O-]. The number of halogens is 3. The van der Waals surface area contributed by atoms with Gasteiger partial charge < -0.3 is 5.32 Å². The van der Waals surface area contributed by atoms with E-state index in [2.05, 4.69) is 5.32 Å². The molecule has 0 heterocycles. The lowest BCUT2D eigenvalue weighted by molar-refractivity contribution is -0.384. The molecule has 1 aromatic carbocycles. The fourth-order valence-electron chi connectivity index (χ4n) is 1.47. The smallest absolute Gasteiger partial charge is 0.379 e. The van der Waals surface area contributed by atoms with Gasteiger partial charge in [-0.05, 0) is 24.0 Å². The van der Waals surface area contributed by atoms with Crippen molar-refractivity contribution < 1.29 is 18.1 Å². The summed E-state index contributed by atoms with van der Waals surface area (Å²) in [5.74, 6) is 0. The molecule has 0 spiro atoms. The second kappa shape index (κ2) is 5.68. The Morgan fingerprint density at radius 3 is 2.35 bits per heavy atom. The van der Waals surface area contributed by atoms with Crippen LogP contribution in [0.3, 0.4) is 0 Å². The molecular formula is C13H17F3N2O2. The average Bonchev–Trinajstić information content (AvgIpc) is 2.35. The largest absolute Gasteiger partial charge is 0.416 e. The van der Waals surface area contributed by atoms with Crippen molar-refractivity contribution in [1.29, 1.82) is 0 Å². The second-order valence-electron chi connectivity index (χ2n) is 5.36. The summed E-state index contributed by atoms with van der Waals surface area (Å²) in [6, 6.07) is 2.50. The normalized spacial score (nSPS) is 12.3. The Labute approximate surface area is 115 Å². The van der Waals surface area contributed by atoms with E-state index in [1.54, 1.807) is 0 Å². The first kappa shape index (κ1) is 16.3. The van der Waals surface area contributed by atoms with Gasteiger partial charge in [0.15, 0.2) is 0 Å². The van der Waals surface area contributed by atoms with Crippen LogP contribution in [0.15, 0.2) is 18.2 Å². The van der Waals surface area contributed by atoms with E-state index in [4.69, 9.17) is 0 Å². The molecule has 1 rings (SSSR count). The molecule has 0 aliphatic carbocycles. The summed E-state index contributed by atoms with van der Waals surface area (Å²) < 4.78 is 37.6. The van der Waals surface area contributed by atoms with Gasteiger partial charge in [-0.15, -0.1) is 0 Å². The molecule has 0 atom stereocenters. The number of nitrogens with zero attached hydrogens (tertiary/aromatic N) is 1. The van der Waals surface area contributed by atoms with Crippen LogP contribution >= 0.6 is 0 Å². The lowest BCUT2D eigenvalue weighted by atomic mass is 9.90. The van der Waals surface area contributed by atoms with Gasteiger partial charge in [0.05, 0.1) is 10.5 Å². The summed E-state index contributed by atoms with van der Waals surface area (Å²) in [6.07, 6.45) is -3.75. The van der Waals surface area contributed by atoms with Crippen molar-refractivity contribution in [3.63, 3.8) is 0 Å². The van der Waals surface area contributed by atoms with Gasteiger partial charge in [-0.1, -0.05) is 20.8 Å². The number of anilines is 1. The molecule has 0 amide bonds. The van der Waals surface area contributed by atoms with Crippen LogP contribution in [0.1, 0.15) is 32.8 Å². The van der Waals surface area contributed by atoms with E-state index >= 15 is 0 Å². The molecule has 7 heteroatoms. The van der Waals surface area contributed by atoms with E-state index in [0.29, 0.717) is 12.6 Å². The first-order chi connectivity index (χ1) is 9.07. The lowest BCUT2D eigenvalue weighted by Gasteiger charge is -2.23. The van der Waals surface area contributed by atoms with Gasteiger partial charge in [0, 0.05) is 12.6 Å². The standard InChI is InChI=1S/C13H17F3N2O2/c1-4-12(2,3)8-17-10-6-5-9(13(14,15)16)7-11(10)18(19)20/h5-7,17H,4,8H2,1-3H3. The summed E-state index contributed by atoms with van der Waals surface area (Å²) >= 11 is 0. The Morgan fingerprint density at radius 1 is 1.30 bits per heavy atom. The Hall–Kier alpha value is -1.79. The lowest BCUT2D eigenvalue weighted by Crippen LogP contribution is -2.22. The molecule has 0 aliphatic rings. The maximum absolute atomic E-state index is 12.5. The van der Waals surface area contributed by atoms with Gasteiger partial charge in [-0.2, -0.15) is 13.2 Å². The van der Waals surface area contributed by atoms with Crippen molar-refractivity contribution in [3.05, 3.63) is 33.9 Å². The molecule has 1 N–H and O–H groups in total.